The van der Waals surface area contributed by atoms with Crippen LogP contribution in [0.15, 0.2) is 146 Å². The molecule has 6 heteroatoms. The monoisotopic (exact) mass is 951 g/mol. The minimum absolute atomic E-state index is 0.125. The Labute approximate surface area is 423 Å². The summed E-state index contributed by atoms with van der Waals surface area (Å²) in [5, 5.41) is 0. The van der Waals surface area contributed by atoms with Crippen molar-refractivity contribution in [3.63, 3.8) is 0 Å². The fourth-order valence-electron chi connectivity index (χ4n) is 6.78. The molecule has 1 unspecified atom stereocenters. The summed E-state index contributed by atoms with van der Waals surface area (Å²) in [4.78, 5) is 38.1. The van der Waals surface area contributed by atoms with E-state index in [1.165, 1.54) is 25.7 Å². The predicted molar refractivity (Wildman–Crippen MR) is 297 cm³/mol. The molecule has 0 radical (unpaired) electrons. The van der Waals surface area contributed by atoms with Crippen LogP contribution in [0.4, 0.5) is 0 Å². The lowest BCUT2D eigenvalue weighted by Crippen LogP contribution is -2.30. The zero-order valence-electron chi connectivity index (χ0n) is 44.0. The van der Waals surface area contributed by atoms with E-state index in [4.69, 9.17) is 14.2 Å². The van der Waals surface area contributed by atoms with E-state index in [9.17, 15) is 14.4 Å². The molecule has 0 saturated heterocycles. The van der Waals surface area contributed by atoms with Gasteiger partial charge in [0.1, 0.15) is 13.2 Å². The van der Waals surface area contributed by atoms with E-state index < -0.39 is 6.10 Å². The lowest BCUT2D eigenvalue weighted by Gasteiger charge is -2.18. The minimum Gasteiger partial charge on any atom is -0.462 e. The van der Waals surface area contributed by atoms with Crippen LogP contribution in [0, 0.1) is 0 Å². The molecular weight excluding hydrogens is 853 g/mol. The van der Waals surface area contributed by atoms with Gasteiger partial charge in [-0.05, 0) is 128 Å². The van der Waals surface area contributed by atoms with Crippen LogP contribution in [0.5, 0.6) is 0 Å². The van der Waals surface area contributed by atoms with Gasteiger partial charge in [-0.1, -0.05) is 212 Å². The summed E-state index contributed by atoms with van der Waals surface area (Å²) in [6.45, 7) is 6.27. The Hall–Kier alpha value is -4.71. The van der Waals surface area contributed by atoms with Crippen molar-refractivity contribution >= 4 is 17.9 Å². The molecule has 0 rings (SSSR count). The highest BCUT2D eigenvalue weighted by atomic mass is 16.6. The van der Waals surface area contributed by atoms with E-state index in [-0.39, 0.29) is 44.0 Å². The Morgan fingerprint density at radius 3 is 0.971 bits per heavy atom. The molecular formula is C63H98O6. The van der Waals surface area contributed by atoms with Gasteiger partial charge in [-0.25, -0.2) is 0 Å². The maximum atomic E-state index is 12.8. The van der Waals surface area contributed by atoms with Crippen molar-refractivity contribution in [3.8, 4) is 0 Å². The molecule has 0 aliphatic rings. The van der Waals surface area contributed by atoms with Gasteiger partial charge in [-0.15, -0.1) is 0 Å². The third kappa shape index (κ3) is 54.1. The van der Waals surface area contributed by atoms with Crippen molar-refractivity contribution < 1.29 is 28.6 Å². The molecule has 0 amide bonds. The van der Waals surface area contributed by atoms with Crippen LogP contribution in [0.1, 0.15) is 213 Å². The summed E-state index contributed by atoms with van der Waals surface area (Å²) < 4.78 is 16.7. The highest BCUT2D eigenvalue weighted by Crippen LogP contribution is 2.12. The Kier molecular flexibility index (Phi) is 52.1. The zero-order valence-corrected chi connectivity index (χ0v) is 44.0. The summed E-state index contributed by atoms with van der Waals surface area (Å²) in [6, 6.07) is 0. The van der Waals surface area contributed by atoms with Gasteiger partial charge in [0.25, 0.3) is 0 Å². The summed E-state index contributed by atoms with van der Waals surface area (Å²) in [5.74, 6) is -1.06. The van der Waals surface area contributed by atoms with Gasteiger partial charge in [-0.2, -0.15) is 0 Å². The van der Waals surface area contributed by atoms with Crippen molar-refractivity contribution in [3.05, 3.63) is 146 Å². The molecule has 386 valence electrons. The van der Waals surface area contributed by atoms with E-state index in [1.807, 2.05) is 12.2 Å². The number of unbranched alkanes of at least 4 members (excludes halogenated alkanes) is 12. The standard InChI is InChI=1S/C63H98O6/c1-4-7-10-13-16-19-22-25-28-30-31-33-35-38-41-44-47-50-53-56-62(65)68-59-60(58-67-61(64)55-52-49-46-43-40-37-34-27-24-21-18-15-12-9-6-3)69-63(66)57-54-51-48-45-42-39-36-32-29-26-23-20-17-14-11-8-5-2/h7-8,10-11,16-21,25-29,31,33-34,36,38-39,41,47,50,60H,4-6,9,12-15,22-24,30,32,35,37,40,42-46,48-49,51-59H2,1-3H3/b10-7-,11-8-,19-16-,20-17-,21-18-,28-25-,29-26-,33-31-,34-27-,39-36-,41-38-,50-47-. The number of ether oxygens (including phenoxy) is 3. The number of allylic oxidation sites excluding steroid dienone is 24. The smallest absolute Gasteiger partial charge is 0.306 e. The third-order valence-electron chi connectivity index (χ3n) is 10.8. The number of carbonyl (C=O) groups excluding carboxylic acids is 3. The molecule has 0 spiro atoms. The van der Waals surface area contributed by atoms with Crippen molar-refractivity contribution in [1.29, 1.82) is 0 Å². The molecule has 0 aliphatic carbocycles. The van der Waals surface area contributed by atoms with Crippen LogP contribution in [0.2, 0.25) is 0 Å². The topological polar surface area (TPSA) is 78.9 Å². The molecule has 0 N–H and O–H groups in total. The molecule has 0 fully saturated rings. The lowest BCUT2D eigenvalue weighted by molar-refractivity contribution is -0.166. The zero-order chi connectivity index (χ0) is 50.0. The minimum atomic E-state index is -0.834. The number of carbonyl (C=O) groups is 3. The molecule has 0 aromatic carbocycles. The molecule has 0 saturated carbocycles. The first-order chi connectivity index (χ1) is 34.0. The summed E-state index contributed by atoms with van der Waals surface area (Å²) in [6.07, 6.45) is 79.8. The Morgan fingerprint density at radius 1 is 0.304 bits per heavy atom. The fraction of sp³-hybridized carbons (Fsp3) is 0.571. The molecule has 0 heterocycles. The SMILES string of the molecule is CC/C=C\C/C=C\C/C=C\C/C=C\C/C=C\C/C=C\CCC(=O)OCC(COC(=O)CCCCCCC/C=C\C/C=C\CCCCC)OC(=O)CCCCCC/C=C\C/C=C\C/C=C\C/C=C\CC. The van der Waals surface area contributed by atoms with Gasteiger partial charge in [0.2, 0.25) is 0 Å². The van der Waals surface area contributed by atoms with E-state index in [1.54, 1.807) is 0 Å². The second-order valence-electron chi connectivity index (χ2n) is 17.4. The van der Waals surface area contributed by atoms with Crippen molar-refractivity contribution in [1.82, 2.24) is 0 Å². The molecule has 0 aliphatic heterocycles. The summed E-state index contributed by atoms with van der Waals surface area (Å²) in [5.41, 5.74) is 0. The van der Waals surface area contributed by atoms with Crippen molar-refractivity contribution in [2.45, 2.75) is 219 Å². The average molecular weight is 951 g/mol. The van der Waals surface area contributed by atoms with Crippen LogP contribution in [0.3, 0.4) is 0 Å². The van der Waals surface area contributed by atoms with Crippen LogP contribution >= 0.6 is 0 Å². The molecule has 1 atom stereocenters. The quantitative estimate of drug-likeness (QED) is 0.0262. The normalized spacial score (nSPS) is 13.3. The second-order valence-corrected chi connectivity index (χ2v) is 17.4. The largest absolute Gasteiger partial charge is 0.462 e. The first-order valence-electron chi connectivity index (χ1n) is 27.3. The van der Waals surface area contributed by atoms with Crippen LogP contribution in [-0.2, 0) is 28.6 Å². The highest BCUT2D eigenvalue weighted by molar-refractivity contribution is 5.71. The van der Waals surface area contributed by atoms with Crippen molar-refractivity contribution in [2.75, 3.05) is 13.2 Å². The highest BCUT2D eigenvalue weighted by Gasteiger charge is 2.19. The van der Waals surface area contributed by atoms with Crippen LogP contribution in [-0.4, -0.2) is 37.2 Å². The molecule has 0 bridgehead atoms. The third-order valence-corrected chi connectivity index (χ3v) is 10.8. The Bertz CT molecular complexity index is 1560. The number of hydrogen-bond donors (Lipinski definition) is 0. The van der Waals surface area contributed by atoms with E-state index in [0.717, 1.165) is 141 Å². The van der Waals surface area contributed by atoms with E-state index >= 15 is 0 Å². The molecule has 6 nitrogen and oxygen atoms in total. The molecule has 69 heavy (non-hydrogen) atoms. The van der Waals surface area contributed by atoms with Gasteiger partial charge in [-0.3, -0.25) is 14.4 Å². The summed E-state index contributed by atoms with van der Waals surface area (Å²) in [7, 11) is 0. The average Bonchev–Trinajstić information content (AvgIpc) is 3.35. The van der Waals surface area contributed by atoms with Gasteiger partial charge >= 0.3 is 17.9 Å². The number of esters is 3. The van der Waals surface area contributed by atoms with Gasteiger partial charge in [0, 0.05) is 19.3 Å². The maximum absolute atomic E-state index is 12.8. The number of hydrogen-bond acceptors (Lipinski definition) is 6. The fourth-order valence-corrected chi connectivity index (χ4v) is 6.78. The van der Waals surface area contributed by atoms with Gasteiger partial charge in [0.15, 0.2) is 6.10 Å². The lowest BCUT2D eigenvalue weighted by atomic mass is 10.1. The van der Waals surface area contributed by atoms with Crippen molar-refractivity contribution in [2.24, 2.45) is 0 Å². The first-order valence-corrected chi connectivity index (χ1v) is 27.3. The van der Waals surface area contributed by atoms with Gasteiger partial charge in [0.05, 0.1) is 0 Å². The van der Waals surface area contributed by atoms with Crippen LogP contribution < -0.4 is 0 Å². The Morgan fingerprint density at radius 2 is 0.594 bits per heavy atom. The predicted octanol–water partition coefficient (Wildman–Crippen LogP) is 18.4. The van der Waals surface area contributed by atoms with E-state index in [0.29, 0.717) is 12.8 Å². The maximum Gasteiger partial charge on any atom is 0.306 e. The number of rotatable bonds is 47. The van der Waals surface area contributed by atoms with Gasteiger partial charge < -0.3 is 14.2 Å². The first kappa shape index (κ1) is 64.3. The van der Waals surface area contributed by atoms with Crippen LogP contribution in [0.25, 0.3) is 0 Å². The Balaban J connectivity index is 4.60. The molecule has 0 aromatic heterocycles. The van der Waals surface area contributed by atoms with E-state index in [2.05, 4.69) is 154 Å². The summed E-state index contributed by atoms with van der Waals surface area (Å²) >= 11 is 0. The molecule has 0 aromatic rings. The second kappa shape index (κ2) is 55.9.